The predicted molar refractivity (Wildman–Crippen MR) is 74.5 cm³/mol. The summed E-state index contributed by atoms with van der Waals surface area (Å²) in [6.45, 7) is 0. The van der Waals surface area contributed by atoms with Crippen LogP contribution in [0.2, 0.25) is 5.02 Å². The molecule has 0 heterocycles. The fourth-order valence-electron chi connectivity index (χ4n) is 1.72. The van der Waals surface area contributed by atoms with Gasteiger partial charge in [0, 0.05) is 11.1 Å². The Morgan fingerprint density at radius 3 is 2.41 bits per heavy atom. The second-order valence-corrected chi connectivity index (χ2v) is 4.71. The van der Waals surface area contributed by atoms with Crippen molar-refractivity contribution in [2.75, 3.05) is 5.32 Å². The van der Waals surface area contributed by atoms with E-state index in [1.807, 2.05) is 0 Å². The summed E-state index contributed by atoms with van der Waals surface area (Å²) in [5.74, 6) is -0.251. The predicted octanol–water partition coefficient (Wildman–Crippen LogP) is 4.72. The third kappa shape index (κ3) is 3.40. The molecule has 0 saturated carbocycles. The highest BCUT2D eigenvalue weighted by atomic mass is 35.5. The van der Waals surface area contributed by atoms with Crippen LogP contribution in [0.3, 0.4) is 0 Å². The van der Waals surface area contributed by atoms with Crippen molar-refractivity contribution in [1.29, 1.82) is 0 Å². The van der Waals surface area contributed by atoms with E-state index < -0.39 is 22.4 Å². The summed E-state index contributed by atoms with van der Waals surface area (Å²) in [5.41, 5.74) is -2.07. The second-order valence-electron chi connectivity index (χ2n) is 4.27. The van der Waals surface area contributed by atoms with Crippen molar-refractivity contribution in [2.45, 2.75) is 6.18 Å². The zero-order valence-corrected chi connectivity index (χ0v) is 11.4. The van der Waals surface area contributed by atoms with Gasteiger partial charge in [0.1, 0.15) is 11.4 Å². The van der Waals surface area contributed by atoms with Gasteiger partial charge in [-0.2, -0.15) is 13.2 Å². The molecule has 2 rings (SSSR count). The third-order valence-electron chi connectivity index (χ3n) is 2.75. The smallest absolute Gasteiger partial charge is 0.416 e. The van der Waals surface area contributed by atoms with E-state index >= 15 is 0 Å². The average molecular weight is 333 g/mol. The number of rotatable bonds is 3. The SMILES string of the molecule is O=[N+]([O-])c1cc(C(F)(F)F)ccc1Nc1cc(Cl)ccc1O. The summed E-state index contributed by atoms with van der Waals surface area (Å²) < 4.78 is 37.8. The molecular formula is C13H8ClF3N2O3. The molecule has 9 heteroatoms. The molecule has 2 aromatic carbocycles. The molecule has 0 fully saturated rings. The van der Waals surface area contributed by atoms with E-state index in [0.29, 0.717) is 12.1 Å². The minimum Gasteiger partial charge on any atom is -0.506 e. The minimum atomic E-state index is -4.69. The molecule has 2 N–H and O–H groups in total. The minimum absolute atomic E-state index is 0.0374. The summed E-state index contributed by atoms with van der Waals surface area (Å²) in [4.78, 5) is 10.0. The molecule has 0 atom stereocenters. The number of benzene rings is 2. The van der Waals surface area contributed by atoms with Crippen LogP contribution in [0.5, 0.6) is 5.75 Å². The molecule has 22 heavy (non-hydrogen) atoms. The molecule has 0 spiro atoms. The van der Waals surface area contributed by atoms with Crippen LogP contribution in [0.1, 0.15) is 5.56 Å². The Hall–Kier alpha value is -2.48. The van der Waals surface area contributed by atoms with E-state index in [0.717, 1.165) is 6.07 Å². The number of halogens is 4. The van der Waals surface area contributed by atoms with Crippen LogP contribution in [-0.4, -0.2) is 10.0 Å². The Bertz CT molecular complexity index is 735. The fourth-order valence-corrected chi connectivity index (χ4v) is 1.89. The summed E-state index contributed by atoms with van der Waals surface area (Å²) in [6, 6.07) is 5.98. The van der Waals surface area contributed by atoms with Gasteiger partial charge in [0.2, 0.25) is 0 Å². The lowest BCUT2D eigenvalue weighted by molar-refractivity contribution is -0.384. The molecule has 0 aliphatic carbocycles. The fraction of sp³-hybridized carbons (Fsp3) is 0.0769. The molecule has 0 aliphatic heterocycles. The van der Waals surface area contributed by atoms with Gasteiger partial charge in [0.25, 0.3) is 5.69 Å². The Kier molecular flexibility index (Phi) is 4.14. The van der Waals surface area contributed by atoms with Crippen molar-refractivity contribution < 1.29 is 23.2 Å². The van der Waals surface area contributed by atoms with Gasteiger partial charge in [-0.3, -0.25) is 10.1 Å². The van der Waals surface area contributed by atoms with Gasteiger partial charge in [-0.1, -0.05) is 11.6 Å². The number of alkyl halides is 3. The number of nitrogens with one attached hydrogen (secondary N) is 1. The Morgan fingerprint density at radius 1 is 1.14 bits per heavy atom. The number of hydrogen-bond acceptors (Lipinski definition) is 4. The maximum absolute atomic E-state index is 12.6. The van der Waals surface area contributed by atoms with E-state index in [-0.39, 0.29) is 22.1 Å². The lowest BCUT2D eigenvalue weighted by atomic mass is 10.1. The van der Waals surface area contributed by atoms with Crippen molar-refractivity contribution in [1.82, 2.24) is 0 Å². The highest BCUT2D eigenvalue weighted by Gasteiger charge is 2.33. The molecular weight excluding hydrogens is 325 g/mol. The third-order valence-corrected chi connectivity index (χ3v) is 2.98. The maximum Gasteiger partial charge on any atom is 0.416 e. The van der Waals surface area contributed by atoms with Gasteiger partial charge in [0.05, 0.1) is 16.2 Å². The number of nitrogens with zero attached hydrogens (tertiary/aromatic N) is 1. The normalized spacial score (nSPS) is 11.3. The number of phenolic OH excluding ortho intramolecular Hbond substituents is 1. The van der Waals surface area contributed by atoms with Crippen molar-refractivity contribution in [2.24, 2.45) is 0 Å². The van der Waals surface area contributed by atoms with Crippen LogP contribution in [0.25, 0.3) is 0 Å². The van der Waals surface area contributed by atoms with Gasteiger partial charge in [-0.05, 0) is 30.3 Å². The maximum atomic E-state index is 12.6. The molecule has 0 bridgehead atoms. The highest BCUT2D eigenvalue weighted by Crippen LogP contribution is 2.37. The summed E-state index contributed by atoms with van der Waals surface area (Å²) in [5, 5.41) is 23.3. The van der Waals surface area contributed by atoms with E-state index in [4.69, 9.17) is 11.6 Å². The zero-order valence-electron chi connectivity index (χ0n) is 10.7. The molecule has 0 amide bonds. The lowest BCUT2D eigenvalue weighted by Crippen LogP contribution is -2.06. The van der Waals surface area contributed by atoms with Crippen molar-refractivity contribution >= 4 is 28.7 Å². The van der Waals surface area contributed by atoms with Crippen LogP contribution in [0, 0.1) is 10.1 Å². The van der Waals surface area contributed by atoms with E-state index in [2.05, 4.69) is 5.32 Å². The monoisotopic (exact) mass is 332 g/mol. The first-order valence-corrected chi connectivity index (χ1v) is 6.17. The van der Waals surface area contributed by atoms with Crippen LogP contribution >= 0.6 is 11.6 Å². The molecule has 0 unspecified atom stereocenters. The Balaban J connectivity index is 2.47. The van der Waals surface area contributed by atoms with Crippen molar-refractivity contribution in [3.05, 3.63) is 57.1 Å². The van der Waals surface area contributed by atoms with Crippen LogP contribution in [-0.2, 0) is 6.18 Å². The summed E-state index contributed by atoms with van der Waals surface area (Å²) in [6.07, 6.45) is -4.69. The standard InChI is InChI=1S/C13H8ClF3N2O3/c14-8-2-4-12(20)10(6-8)18-9-3-1-7(13(15,16)17)5-11(9)19(21)22/h1-6,18,20H. The molecule has 0 saturated heterocycles. The first-order chi connectivity index (χ1) is 10.2. The number of nitro benzene ring substituents is 1. The number of hydrogen-bond donors (Lipinski definition) is 2. The average Bonchev–Trinajstić information content (AvgIpc) is 2.42. The van der Waals surface area contributed by atoms with Gasteiger partial charge in [-0.15, -0.1) is 0 Å². The largest absolute Gasteiger partial charge is 0.506 e. The van der Waals surface area contributed by atoms with E-state index in [1.54, 1.807) is 0 Å². The van der Waals surface area contributed by atoms with Gasteiger partial charge in [-0.25, -0.2) is 0 Å². The second kappa shape index (κ2) is 5.72. The van der Waals surface area contributed by atoms with Crippen molar-refractivity contribution in [3.8, 4) is 5.75 Å². The number of aromatic hydroxyl groups is 1. The van der Waals surface area contributed by atoms with Crippen LogP contribution in [0.4, 0.5) is 30.2 Å². The number of nitro groups is 1. The molecule has 0 radical (unpaired) electrons. The molecule has 2 aromatic rings. The van der Waals surface area contributed by atoms with E-state index in [9.17, 15) is 28.4 Å². The molecule has 0 aliphatic rings. The van der Waals surface area contributed by atoms with E-state index in [1.165, 1.54) is 18.2 Å². The lowest BCUT2D eigenvalue weighted by Gasteiger charge is -2.11. The number of phenols is 1. The molecule has 5 nitrogen and oxygen atoms in total. The number of anilines is 2. The quantitative estimate of drug-likeness (QED) is 0.484. The topological polar surface area (TPSA) is 75.4 Å². The summed E-state index contributed by atoms with van der Waals surface area (Å²) >= 11 is 5.74. The van der Waals surface area contributed by atoms with Gasteiger partial charge in [0.15, 0.2) is 0 Å². The van der Waals surface area contributed by atoms with Gasteiger partial charge < -0.3 is 10.4 Å². The molecule has 116 valence electrons. The first-order valence-electron chi connectivity index (χ1n) is 5.79. The molecule has 0 aromatic heterocycles. The van der Waals surface area contributed by atoms with Crippen LogP contribution in [0.15, 0.2) is 36.4 Å². The summed E-state index contributed by atoms with van der Waals surface area (Å²) in [7, 11) is 0. The highest BCUT2D eigenvalue weighted by molar-refractivity contribution is 6.31. The first kappa shape index (κ1) is 15.9. The zero-order chi connectivity index (χ0) is 16.5. The van der Waals surface area contributed by atoms with Gasteiger partial charge >= 0.3 is 6.18 Å². The Labute approximate surface area is 127 Å². The Morgan fingerprint density at radius 2 is 1.82 bits per heavy atom. The van der Waals surface area contributed by atoms with Crippen LogP contribution < -0.4 is 5.32 Å². The van der Waals surface area contributed by atoms with Crippen molar-refractivity contribution in [3.63, 3.8) is 0 Å².